The largest absolute Gasteiger partial charge is 0.497 e. The minimum absolute atomic E-state index is 0.127. The number of allylic oxidation sites excluding steroid dienone is 4. The van der Waals surface area contributed by atoms with Crippen LogP contribution in [0.2, 0.25) is 0 Å². The molecule has 2 heterocycles. The quantitative estimate of drug-likeness (QED) is 0.368. The van der Waals surface area contributed by atoms with Gasteiger partial charge in [0.2, 0.25) is 10.0 Å². The van der Waals surface area contributed by atoms with E-state index in [-0.39, 0.29) is 11.8 Å². The Bertz CT molecular complexity index is 1190. The van der Waals surface area contributed by atoms with Gasteiger partial charge in [-0.05, 0) is 66.6 Å². The highest BCUT2D eigenvalue weighted by Gasteiger charge is 2.26. The van der Waals surface area contributed by atoms with Gasteiger partial charge in [-0.25, -0.2) is 12.7 Å². The van der Waals surface area contributed by atoms with Crippen LogP contribution in [-0.4, -0.2) is 49.7 Å². The van der Waals surface area contributed by atoms with Crippen LogP contribution in [-0.2, 0) is 14.8 Å². The van der Waals surface area contributed by atoms with E-state index in [2.05, 4.69) is 16.9 Å². The summed E-state index contributed by atoms with van der Waals surface area (Å²) < 4.78 is 31.1. The molecule has 0 radical (unpaired) electrons. The van der Waals surface area contributed by atoms with E-state index in [9.17, 15) is 8.42 Å². The summed E-state index contributed by atoms with van der Waals surface area (Å²) in [5.41, 5.74) is 2.62. The molecule has 2 aromatic rings. The number of piperidine rings is 1. The molecule has 0 spiro atoms. The number of hydrogen-bond donors (Lipinski definition) is 1. The fraction of sp³-hybridized carbons (Fsp3) is 0.333. The van der Waals surface area contributed by atoms with Gasteiger partial charge in [-0.3, -0.25) is 4.98 Å². The number of ether oxygens (including phenoxy) is 1. The molecule has 1 aliphatic heterocycles. The Balaban J connectivity index is 1.94. The Hall–Kier alpha value is -3.15. The number of hydrogen-bond acceptors (Lipinski definition) is 6. The lowest BCUT2D eigenvalue weighted by Crippen LogP contribution is -2.42. The van der Waals surface area contributed by atoms with E-state index >= 15 is 0 Å². The smallest absolute Gasteiger partial charge is 0.213 e. The SMILES string of the molecule is C=C(/C=C(\C=C\C#N)c1cc(NC2CCN(S(=O)(=O)CC)CC2)c2cnccc2c1)OC. The van der Waals surface area contributed by atoms with Crippen LogP contribution in [0.1, 0.15) is 25.3 Å². The van der Waals surface area contributed by atoms with Crippen molar-refractivity contribution in [2.45, 2.75) is 25.8 Å². The first-order chi connectivity index (χ1) is 15.4. The molecule has 0 unspecified atom stereocenters. The van der Waals surface area contributed by atoms with Gasteiger partial charge in [-0.15, -0.1) is 0 Å². The Morgan fingerprint density at radius 2 is 2.16 bits per heavy atom. The maximum absolute atomic E-state index is 12.2. The van der Waals surface area contributed by atoms with Crippen molar-refractivity contribution < 1.29 is 13.2 Å². The van der Waals surface area contributed by atoms with Crippen molar-refractivity contribution in [1.29, 1.82) is 5.26 Å². The molecule has 1 N–H and O–H groups in total. The Kier molecular flexibility index (Phi) is 7.67. The summed E-state index contributed by atoms with van der Waals surface area (Å²) in [4.78, 5) is 4.27. The summed E-state index contributed by atoms with van der Waals surface area (Å²) in [7, 11) is -1.61. The molecule has 7 nitrogen and oxygen atoms in total. The highest BCUT2D eigenvalue weighted by molar-refractivity contribution is 7.89. The third-order valence-corrected chi connectivity index (χ3v) is 7.46. The summed E-state index contributed by atoms with van der Waals surface area (Å²) in [6, 6.07) is 8.17. The molecule has 1 aliphatic rings. The molecular formula is C24H28N4O3S. The number of sulfonamides is 1. The van der Waals surface area contributed by atoms with Crippen molar-refractivity contribution in [3.8, 4) is 6.07 Å². The number of nitrogens with zero attached hydrogens (tertiary/aromatic N) is 3. The highest BCUT2D eigenvalue weighted by Crippen LogP contribution is 2.31. The number of anilines is 1. The lowest BCUT2D eigenvalue weighted by atomic mass is 9.98. The van der Waals surface area contributed by atoms with Crippen molar-refractivity contribution in [2.75, 3.05) is 31.3 Å². The Morgan fingerprint density at radius 1 is 1.41 bits per heavy atom. The average molecular weight is 453 g/mol. The molecule has 1 aromatic heterocycles. The second-order valence-corrected chi connectivity index (χ2v) is 9.83. The van der Waals surface area contributed by atoms with E-state index in [1.54, 1.807) is 36.7 Å². The van der Waals surface area contributed by atoms with Gasteiger partial charge >= 0.3 is 0 Å². The van der Waals surface area contributed by atoms with Crippen LogP contribution < -0.4 is 5.32 Å². The van der Waals surface area contributed by atoms with Crippen LogP contribution in [0, 0.1) is 11.3 Å². The average Bonchev–Trinajstić information content (AvgIpc) is 2.81. The van der Waals surface area contributed by atoms with Crippen molar-refractivity contribution in [3.05, 3.63) is 66.7 Å². The molecule has 0 amide bonds. The van der Waals surface area contributed by atoms with Crippen LogP contribution in [0.15, 0.2) is 61.2 Å². The molecule has 0 atom stereocenters. The summed E-state index contributed by atoms with van der Waals surface area (Å²) in [6.45, 7) is 6.55. The molecule has 1 fully saturated rings. The van der Waals surface area contributed by atoms with E-state index in [1.807, 2.05) is 30.5 Å². The van der Waals surface area contributed by atoms with Gasteiger partial charge in [0.1, 0.15) is 5.76 Å². The van der Waals surface area contributed by atoms with Gasteiger partial charge < -0.3 is 10.1 Å². The molecular weight excluding hydrogens is 424 g/mol. The lowest BCUT2D eigenvalue weighted by molar-refractivity contribution is 0.309. The minimum Gasteiger partial charge on any atom is -0.497 e. The number of fused-ring (bicyclic) bond motifs is 1. The standard InChI is InChI=1S/C24H28N4O3S/c1-4-32(29,30)28-12-8-22(9-13-28)27-24-16-21(15-20-7-11-26-17-23(20)24)19(6-5-10-25)14-18(2)31-3/h5-7,11,14-17,22,27H,2,4,8-9,12-13H2,1,3H3/b6-5+,19-14+. The zero-order valence-corrected chi connectivity index (χ0v) is 19.2. The minimum atomic E-state index is -3.16. The monoisotopic (exact) mass is 452 g/mol. The summed E-state index contributed by atoms with van der Waals surface area (Å²) in [6.07, 6.45) is 9.94. The highest BCUT2D eigenvalue weighted by atomic mass is 32.2. The Labute approximate surface area is 189 Å². The van der Waals surface area contributed by atoms with Gasteiger partial charge in [0.15, 0.2) is 0 Å². The third kappa shape index (κ3) is 5.55. The van der Waals surface area contributed by atoms with Crippen LogP contribution in [0.5, 0.6) is 0 Å². The van der Waals surface area contributed by atoms with Crippen LogP contribution in [0.3, 0.4) is 0 Å². The molecule has 32 heavy (non-hydrogen) atoms. The first-order valence-electron chi connectivity index (χ1n) is 10.5. The fourth-order valence-corrected chi connectivity index (χ4v) is 4.88. The zero-order chi connectivity index (χ0) is 23.1. The lowest BCUT2D eigenvalue weighted by Gasteiger charge is -2.32. The number of rotatable bonds is 8. The predicted molar refractivity (Wildman–Crippen MR) is 128 cm³/mol. The maximum atomic E-state index is 12.2. The summed E-state index contributed by atoms with van der Waals surface area (Å²) >= 11 is 0. The van der Waals surface area contributed by atoms with Crippen molar-refractivity contribution in [1.82, 2.24) is 9.29 Å². The number of nitrogens with one attached hydrogen (secondary N) is 1. The van der Waals surface area contributed by atoms with E-state index in [0.29, 0.717) is 18.8 Å². The van der Waals surface area contributed by atoms with Gasteiger partial charge in [0.05, 0.1) is 18.9 Å². The zero-order valence-electron chi connectivity index (χ0n) is 18.4. The van der Waals surface area contributed by atoms with E-state index in [4.69, 9.17) is 10.00 Å². The first-order valence-corrected chi connectivity index (χ1v) is 12.1. The number of methoxy groups -OCH3 is 1. The normalized spacial score (nSPS) is 16.2. The van der Waals surface area contributed by atoms with Crippen molar-refractivity contribution in [3.63, 3.8) is 0 Å². The third-order valence-electron chi connectivity index (χ3n) is 5.58. The number of nitriles is 1. The summed E-state index contributed by atoms with van der Waals surface area (Å²) in [5, 5.41) is 14.6. The van der Waals surface area contributed by atoms with Crippen LogP contribution >= 0.6 is 0 Å². The van der Waals surface area contributed by atoms with Crippen LogP contribution in [0.4, 0.5) is 5.69 Å². The van der Waals surface area contributed by atoms with Gasteiger partial charge in [-0.1, -0.05) is 6.58 Å². The first kappa shape index (κ1) is 23.5. The Morgan fingerprint density at radius 3 is 2.81 bits per heavy atom. The second-order valence-electron chi connectivity index (χ2n) is 7.57. The number of aromatic nitrogens is 1. The van der Waals surface area contributed by atoms with E-state index < -0.39 is 10.0 Å². The number of pyridine rings is 1. The predicted octanol–water partition coefficient (Wildman–Crippen LogP) is 4.08. The van der Waals surface area contributed by atoms with E-state index in [0.717, 1.165) is 40.4 Å². The topological polar surface area (TPSA) is 95.3 Å². The van der Waals surface area contributed by atoms with Gasteiger partial charge in [0.25, 0.3) is 0 Å². The molecule has 0 saturated carbocycles. The van der Waals surface area contributed by atoms with Crippen molar-refractivity contribution in [2.24, 2.45) is 0 Å². The molecule has 0 bridgehead atoms. The molecule has 0 aliphatic carbocycles. The van der Waals surface area contributed by atoms with Crippen molar-refractivity contribution >= 4 is 32.1 Å². The second kappa shape index (κ2) is 10.4. The van der Waals surface area contributed by atoms with E-state index in [1.165, 1.54) is 6.08 Å². The molecule has 1 aromatic carbocycles. The number of benzene rings is 1. The fourth-order valence-electron chi connectivity index (χ4n) is 3.75. The molecule has 3 rings (SSSR count). The van der Waals surface area contributed by atoms with Gasteiger partial charge in [-0.2, -0.15) is 5.26 Å². The summed E-state index contributed by atoms with van der Waals surface area (Å²) in [5.74, 6) is 0.609. The molecule has 1 saturated heterocycles. The maximum Gasteiger partial charge on any atom is 0.213 e. The van der Waals surface area contributed by atoms with Gasteiger partial charge in [0, 0.05) is 48.7 Å². The molecule has 168 valence electrons. The van der Waals surface area contributed by atoms with Crippen LogP contribution in [0.25, 0.3) is 16.3 Å². The molecule has 8 heteroatoms.